The van der Waals surface area contributed by atoms with E-state index in [9.17, 15) is 9.59 Å². The minimum Gasteiger partial charge on any atom is -0.466 e. The van der Waals surface area contributed by atoms with Crippen molar-refractivity contribution in [1.82, 2.24) is 9.80 Å². The van der Waals surface area contributed by atoms with Gasteiger partial charge in [-0.15, -0.1) is 0 Å². The highest BCUT2D eigenvalue weighted by Gasteiger charge is 2.61. The highest BCUT2D eigenvalue weighted by atomic mass is 16.6. The van der Waals surface area contributed by atoms with E-state index in [2.05, 4.69) is 4.90 Å². The molecule has 0 N–H and O–H groups in total. The van der Waals surface area contributed by atoms with Gasteiger partial charge in [-0.05, 0) is 50.4 Å². The van der Waals surface area contributed by atoms with Gasteiger partial charge in [0.15, 0.2) is 0 Å². The van der Waals surface area contributed by atoms with E-state index < -0.39 is 0 Å². The van der Waals surface area contributed by atoms with Crippen LogP contribution in [0.1, 0.15) is 26.7 Å². The van der Waals surface area contributed by atoms with Crippen molar-refractivity contribution >= 4 is 12.1 Å². The topological polar surface area (TPSA) is 59.1 Å². The number of rotatable bonds is 4. The first-order chi connectivity index (χ1) is 11.6. The predicted molar refractivity (Wildman–Crippen MR) is 87.3 cm³/mol. The molecule has 1 amide bonds. The highest BCUT2D eigenvalue weighted by molar-refractivity contribution is 5.77. The van der Waals surface area contributed by atoms with Gasteiger partial charge in [0.2, 0.25) is 0 Å². The fourth-order valence-electron chi connectivity index (χ4n) is 5.38. The lowest BCUT2D eigenvalue weighted by molar-refractivity contribution is -0.145. The number of esters is 1. The second kappa shape index (κ2) is 6.21. The number of ether oxygens (including phenoxy) is 2. The van der Waals surface area contributed by atoms with Crippen LogP contribution in [0, 0.1) is 29.6 Å². The van der Waals surface area contributed by atoms with Gasteiger partial charge in [-0.2, -0.15) is 0 Å². The van der Waals surface area contributed by atoms with Gasteiger partial charge >= 0.3 is 12.1 Å². The van der Waals surface area contributed by atoms with Crippen molar-refractivity contribution in [3.05, 3.63) is 0 Å². The van der Waals surface area contributed by atoms with Crippen LogP contribution < -0.4 is 0 Å². The van der Waals surface area contributed by atoms with Gasteiger partial charge in [0.25, 0.3) is 0 Å². The first kappa shape index (κ1) is 16.2. The van der Waals surface area contributed by atoms with Crippen molar-refractivity contribution in [3.63, 3.8) is 0 Å². The molecule has 0 bridgehead atoms. The van der Waals surface area contributed by atoms with Crippen LogP contribution in [0.5, 0.6) is 0 Å². The average molecular weight is 336 g/mol. The van der Waals surface area contributed by atoms with Crippen LogP contribution in [0.3, 0.4) is 0 Å². The third-order valence-corrected chi connectivity index (χ3v) is 6.55. The summed E-state index contributed by atoms with van der Waals surface area (Å²) in [4.78, 5) is 28.2. The van der Waals surface area contributed by atoms with Crippen LogP contribution in [0.25, 0.3) is 0 Å². The lowest BCUT2D eigenvalue weighted by Gasteiger charge is -2.28. The number of carbonyl (C=O) groups is 2. The number of carbonyl (C=O) groups excluding carboxylic acids is 2. The molecule has 0 aromatic heterocycles. The lowest BCUT2D eigenvalue weighted by Crippen LogP contribution is -2.37. The molecule has 24 heavy (non-hydrogen) atoms. The summed E-state index contributed by atoms with van der Waals surface area (Å²) < 4.78 is 10.3. The van der Waals surface area contributed by atoms with Crippen LogP contribution in [-0.4, -0.2) is 67.3 Å². The van der Waals surface area contributed by atoms with Gasteiger partial charge in [0.1, 0.15) is 0 Å². The number of piperidine rings is 1. The first-order valence-electron chi connectivity index (χ1n) is 9.44. The first-order valence-corrected chi connectivity index (χ1v) is 9.44. The van der Waals surface area contributed by atoms with E-state index in [4.69, 9.17) is 9.47 Å². The summed E-state index contributed by atoms with van der Waals surface area (Å²) in [5.74, 6) is 2.48. The van der Waals surface area contributed by atoms with Gasteiger partial charge in [-0.1, -0.05) is 0 Å². The number of hydrogen-bond acceptors (Lipinski definition) is 5. The summed E-state index contributed by atoms with van der Waals surface area (Å²) in [6.07, 6.45) is 2.22. The SMILES string of the molecule is CCOC(=O)C1[C@H]2CN(C3CC4CN(C(=O)OCC)CC4C3)C[C@@H]12. The Morgan fingerprint density at radius 3 is 2.04 bits per heavy atom. The van der Waals surface area contributed by atoms with E-state index in [0.717, 1.165) is 26.2 Å². The normalized spacial score (nSPS) is 40.3. The fraction of sp³-hybridized carbons (Fsp3) is 0.889. The van der Waals surface area contributed by atoms with E-state index in [1.165, 1.54) is 12.8 Å². The molecule has 4 fully saturated rings. The minimum absolute atomic E-state index is 0.0144. The monoisotopic (exact) mass is 336 g/mol. The maximum absolute atomic E-state index is 11.9. The zero-order chi connectivity index (χ0) is 16.8. The maximum atomic E-state index is 11.9. The van der Waals surface area contributed by atoms with Gasteiger partial charge in [-0.25, -0.2) is 4.79 Å². The van der Waals surface area contributed by atoms with Crippen LogP contribution in [0.2, 0.25) is 0 Å². The van der Waals surface area contributed by atoms with E-state index in [1.807, 2.05) is 18.7 Å². The predicted octanol–water partition coefficient (Wildman–Crippen LogP) is 1.59. The molecular formula is C18H28N2O4. The standard InChI is InChI=1S/C18H28N2O4/c1-3-23-17(21)16-14-9-19(10-15(14)16)13-5-11-7-20(8-12(11)6-13)18(22)24-4-2/h11-16H,3-10H2,1-2H3/t11?,12?,13?,14-,15+,16?. The molecule has 2 aliphatic carbocycles. The molecule has 134 valence electrons. The molecule has 0 radical (unpaired) electrons. The van der Waals surface area contributed by atoms with Crippen LogP contribution in [-0.2, 0) is 14.3 Å². The summed E-state index contributed by atoms with van der Waals surface area (Å²) in [5, 5.41) is 0. The molecule has 4 rings (SSSR count). The maximum Gasteiger partial charge on any atom is 0.409 e. The third kappa shape index (κ3) is 2.68. The summed E-state index contributed by atoms with van der Waals surface area (Å²) >= 11 is 0. The summed E-state index contributed by atoms with van der Waals surface area (Å²) in [7, 11) is 0. The molecule has 0 aromatic carbocycles. The van der Waals surface area contributed by atoms with Gasteiger partial charge in [0, 0.05) is 32.2 Å². The number of likely N-dealkylation sites (tertiary alicyclic amines) is 2. The summed E-state index contributed by atoms with van der Waals surface area (Å²) in [6.45, 7) is 8.48. The Kier molecular flexibility index (Phi) is 4.19. The largest absolute Gasteiger partial charge is 0.466 e. The summed E-state index contributed by atoms with van der Waals surface area (Å²) in [6, 6.07) is 0.639. The number of fused-ring (bicyclic) bond motifs is 2. The molecule has 2 saturated carbocycles. The molecule has 2 heterocycles. The van der Waals surface area contributed by atoms with Crippen molar-refractivity contribution in [3.8, 4) is 0 Å². The molecule has 6 nitrogen and oxygen atoms in total. The van der Waals surface area contributed by atoms with E-state index in [0.29, 0.717) is 42.9 Å². The Morgan fingerprint density at radius 1 is 0.917 bits per heavy atom. The molecule has 2 saturated heterocycles. The van der Waals surface area contributed by atoms with Gasteiger partial charge < -0.3 is 14.4 Å². The second-order valence-corrected chi connectivity index (χ2v) is 7.81. The van der Waals surface area contributed by atoms with Crippen molar-refractivity contribution in [2.75, 3.05) is 39.4 Å². The Labute approximate surface area is 143 Å². The quantitative estimate of drug-likeness (QED) is 0.730. The molecule has 3 unspecified atom stereocenters. The molecule has 4 aliphatic rings. The molecule has 6 heteroatoms. The molecule has 2 aliphatic heterocycles. The van der Waals surface area contributed by atoms with E-state index >= 15 is 0 Å². The van der Waals surface area contributed by atoms with Crippen LogP contribution in [0.4, 0.5) is 4.79 Å². The van der Waals surface area contributed by atoms with Crippen molar-refractivity contribution in [1.29, 1.82) is 0 Å². The fourth-order valence-corrected chi connectivity index (χ4v) is 5.38. The van der Waals surface area contributed by atoms with E-state index in [-0.39, 0.29) is 18.0 Å². The Balaban J connectivity index is 1.25. The second-order valence-electron chi connectivity index (χ2n) is 7.81. The number of nitrogens with zero attached hydrogens (tertiary/aromatic N) is 2. The summed E-state index contributed by atoms with van der Waals surface area (Å²) in [5.41, 5.74) is 0. The smallest absolute Gasteiger partial charge is 0.409 e. The number of amides is 1. The number of hydrogen-bond donors (Lipinski definition) is 0. The molecule has 0 spiro atoms. The van der Waals surface area contributed by atoms with Crippen molar-refractivity contribution < 1.29 is 19.1 Å². The van der Waals surface area contributed by atoms with Crippen molar-refractivity contribution in [2.24, 2.45) is 29.6 Å². The minimum atomic E-state index is -0.150. The molecule has 5 atom stereocenters. The van der Waals surface area contributed by atoms with Crippen LogP contribution in [0.15, 0.2) is 0 Å². The average Bonchev–Trinajstić information content (AvgIpc) is 2.92. The zero-order valence-corrected chi connectivity index (χ0v) is 14.6. The van der Waals surface area contributed by atoms with Gasteiger partial charge in [-0.3, -0.25) is 9.69 Å². The molecular weight excluding hydrogens is 308 g/mol. The van der Waals surface area contributed by atoms with Gasteiger partial charge in [0.05, 0.1) is 19.1 Å². The van der Waals surface area contributed by atoms with E-state index in [1.54, 1.807) is 0 Å². The van der Waals surface area contributed by atoms with Crippen LogP contribution >= 0.6 is 0 Å². The van der Waals surface area contributed by atoms with Crippen molar-refractivity contribution in [2.45, 2.75) is 32.7 Å². The zero-order valence-electron chi connectivity index (χ0n) is 14.6. The lowest BCUT2D eigenvalue weighted by atomic mass is 10.0. The Hall–Kier alpha value is -1.30. The highest BCUT2D eigenvalue weighted by Crippen LogP contribution is 2.54. The Morgan fingerprint density at radius 2 is 1.50 bits per heavy atom. The third-order valence-electron chi connectivity index (χ3n) is 6.55. The molecule has 0 aromatic rings. The Bertz CT molecular complexity index is 499.